The fourth-order valence-corrected chi connectivity index (χ4v) is 2.46. The maximum absolute atomic E-state index is 12.2. The highest BCUT2D eigenvalue weighted by atomic mass is 16.5. The van der Waals surface area contributed by atoms with Crippen LogP contribution in [0.2, 0.25) is 0 Å². The average Bonchev–Trinajstić information content (AvgIpc) is 2.85. The van der Waals surface area contributed by atoms with Crippen LogP contribution in [0, 0.1) is 11.3 Å². The number of morpholine rings is 1. The Morgan fingerprint density at radius 1 is 1.50 bits per heavy atom. The molecule has 0 spiro atoms. The van der Waals surface area contributed by atoms with E-state index in [1.54, 1.807) is 0 Å². The molecule has 0 aromatic rings. The molecule has 0 radical (unpaired) electrons. The number of hydrogen-bond acceptors (Lipinski definition) is 3. The van der Waals surface area contributed by atoms with Crippen molar-refractivity contribution in [2.45, 2.75) is 39.4 Å². The molecule has 1 heterocycles. The van der Waals surface area contributed by atoms with Crippen molar-refractivity contribution in [2.75, 3.05) is 19.6 Å². The number of hydrogen-bond donors (Lipinski definition) is 1. The number of ether oxygens (including phenoxy) is 1. The predicted octanol–water partition coefficient (Wildman–Crippen LogP) is 0.607. The normalized spacial score (nSPS) is 37.2. The van der Waals surface area contributed by atoms with Crippen molar-refractivity contribution in [3.8, 4) is 0 Å². The van der Waals surface area contributed by atoms with Gasteiger partial charge >= 0.3 is 0 Å². The largest absolute Gasteiger partial charge is 0.370 e. The van der Waals surface area contributed by atoms with Crippen molar-refractivity contribution in [2.24, 2.45) is 17.1 Å². The lowest BCUT2D eigenvalue weighted by Crippen LogP contribution is -2.52. The van der Waals surface area contributed by atoms with Crippen LogP contribution < -0.4 is 5.73 Å². The summed E-state index contributed by atoms with van der Waals surface area (Å²) in [4.78, 5) is 14.1. The Morgan fingerprint density at radius 2 is 2.12 bits per heavy atom. The number of carbonyl (C=O) groups is 1. The van der Waals surface area contributed by atoms with E-state index in [9.17, 15) is 4.79 Å². The summed E-state index contributed by atoms with van der Waals surface area (Å²) in [6.07, 6.45) is 1.13. The SMILES string of the molecule is CC1CN(C(=O)C2CC2(C)C)CC(CN)O1. The molecule has 0 aromatic heterocycles. The molecule has 3 unspecified atom stereocenters. The van der Waals surface area contributed by atoms with Gasteiger partial charge in [0.2, 0.25) is 5.91 Å². The molecule has 2 aliphatic rings. The van der Waals surface area contributed by atoms with Crippen LogP contribution in [0.15, 0.2) is 0 Å². The summed E-state index contributed by atoms with van der Waals surface area (Å²) < 4.78 is 5.65. The summed E-state index contributed by atoms with van der Waals surface area (Å²) in [5.41, 5.74) is 5.82. The van der Waals surface area contributed by atoms with Crippen molar-refractivity contribution in [3.63, 3.8) is 0 Å². The van der Waals surface area contributed by atoms with E-state index in [0.717, 1.165) is 6.42 Å². The van der Waals surface area contributed by atoms with Crippen LogP contribution in [0.5, 0.6) is 0 Å². The molecule has 1 amide bonds. The highest BCUT2D eigenvalue weighted by Gasteiger charge is 2.52. The Balaban J connectivity index is 1.96. The predicted molar refractivity (Wildman–Crippen MR) is 61.9 cm³/mol. The van der Waals surface area contributed by atoms with Gasteiger partial charge in [0.1, 0.15) is 0 Å². The minimum Gasteiger partial charge on any atom is -0.370 e. The first-order valence-electron chi connectivity index (χ1n) is 6.08. The summed E-state index contributed by atoms with van der Waals surface area (Å²) >= 11 is 0. The Hall–Kier alpha value is -0.610. The summed E-state index contributed by atoms with van der Waals surface area (Å²) in [7, 11) is 0. The van der Waals surface area contributed by atoms with Crippen molar-refractivity contribution in [3.05, 3.63) is 0 Å². The summed E-state index contributed by atoms with van der Waals surface area (Å²) in [6, 6.07) is 0. The number of nitrogens with two attached hydrogens (primary N) is 1. The van der Waals surface area contributed by atoms with Crippen molar-refractivity contribution < 1.29 is 9.53 Å². The molecule has 16 heavy (non-hydrogen) atoms. The lowest BCUT2D eigenvalue weighted by Gasteiger charge is -2.36. The number of amides is 1. The van der Waals surface area contributed by atoms with E-state index in [1.165, 1.54) is 0 Å². The van der Waals surface area contributed by atoms with Gasteiger partial charge in [0.25, 0.3) is 0 Å². The van der Waals surface area contributed by atoms with Crippen LogP contribution in [0.25, 0.3) is 0 Å². The monoisotopic (exact) mass is 226 g/mol. The van der Waals surface area contributed by atoms with Gasteiger partial charge in [-0.15, -0.1) is 0 Å². The zero-order valence-corrected chi connectivity index (χ0v) is 10.4. The Kier molecular flexibility index (Phi) is 2.97. The second-order valence-electron chi connectivity index (χ2n) is 5.79. The maximum Gasteiger partial charge on any atom is 0.226 e. The molecule has 2 N–H and O–H groups in total. The summed E-state index contributed by atoms with van der Waals surface area (Å²) in [5.74, 6) is 0.509. The van der Waals surface area contributed by atoms with Crippen LogP contribution >= 0.6 is 0 Å². The first-order chi connectivity index (χ1) is 7.44. The van der Waals surface area contributed by atoms with Gasteiger partial charge in [0, 0.05) is 25.6 Å². The first kappa shape index (κ1) is 11.9. The van der Waals surface area contributed by atoms with Gasteiger partial charge in [0.15, 0.2) is 0 Å². The molecule has 4 heteroatoms. The lowest BCUT2D eigenvalue weighted by atomic mass is 10.1. The molecule has 0 aromatic carbocycles. The molecular formula is C12H22N2O2. The van der Waals surface area contributed by atoms with E-state index in [0.29, 0.717) is 25.5 Å². The fourth-order valence-electron chi connectivity index (χ4n) is 2.46. The third-order valence-corrected chi connectivity index (χ3v) is 3.71. The summed E-state index contributed by atoms with van der Waals surface area (Å²) in [5, 5.41) is 0. The lowest BCUT2D eigenvalue weighted by molar-refractivity contribution is -0.145. The molecule has 3 atom stereocenters. The van der Waals surface area contributed by atoms with Gasteiger partial charge in [-0.25, -0.2) is 0 Å². The van der Waals surface area contributed by atoms with E-state index < -0.39 is 0 Å². The number of nitrogens with zero attached hydrogens (tertiary/aromatic N) is 1. The molecule has 92 valence electrons. The number of rotatable bonds is 2. The van der Waals surface area contributed by atoms with E-state index in [2.05, 4.69) is 13.8 Å². The smallest absolute Gasteiger partial charge is 0.226 e. The molecule has 1 saturated heterocycles. The minimum absolute atomic E-state index is 0.00885. The molecule has 2 fully saturated rings. The van der Waals surface area contributed by atoms with Crippen LogP contribution in [-0.2, 0) is 9.53 Å². The Morgan fingerprint density at radius 3 is 2.62 bits per heavy atom. The van der Waals surface area contributed by atoms with Gasteiger partial charge in [-0.05, 0) is 18.8 Å². The van der Waals surface area contributed by atoms with E-state index >= 15 is 0 Å². The highest BCUT2D eigenvalue weighted by molar-refractivity contribution is 5.82. The molecule has 4 nitrogen and oxygen atoms in total. The third kappa shape index (κ3) is 2.23. The molecule has 1 aliphatic heterocycles. The molecule has 1 aliphatic carbocycles. The molecule has 0 bridgehead atoms. The van der Waals surface area contributed by atoms with Crippen LogP contribution in [0.4, 0.5) is 0 Å². The van der Waals surface area contributed by atoms with Crippen molar-refractivity contribution >= 4 is 5.91 Å². The second kappa shape index (κ2) is 4.00. The zero-order chi connectivity index (χ0) is 11.9. The van der Waals surface area contributed by atoms with Gasteiger partial charge < -0.3 is 15.4 Å². The van der Waals surface area contributed by atoms with Gasteiger partial charge in [-0.3, -0.25) is 4.79 Å². The van der Waals surface area contributed by atoms with E-state index in [1.807, 2.05) is 11.8 Å². The van der Waals surface area contributed by atoms with Crippen LogP contribution in [0.1, 0.15) is 27.2 Å². The summed E-state index contributed by atoms with van der Waals surface area (Å²) in [6.45, 7) is 8.16. The van der Waals surface area contributed by atoms with Gasteiger partial charge in [-0.1, -0.05) is 13.8 Å². The quantitative estimate of drug-likeness (QED) is 0.750. The maximum atomic E-state index is 12.2. The average molecular weight is 226 g/mol. The van der Waals surface area contributed by atoms with Crippen LogP contribution in [0.3, 0.4) is 0 Å². The fraction of sp³-hybridized carbons (Fsp3) is 0.917. The van der Waals surface area contributed by atoms with Crippen molar-refractivity contribution in [1.29, 1.82) is 0 Å². The van der Waals surface area contributed by atoms with E-state index in [-0.39, 0.29) is 23.5 Å². The number of carbonyl (C=O) groups excluding carboxylic acids is 1. The Labute approximate surface area is 97.1 Å². The Bertz CT molecular complexity index is 291. The standard InChI is InChI=1S/C12H22N2O2/c1-8-6-14(7-9(5-13)16-8)11(15)10-4-12(10,2)3/h8-10H,4-7,13H2,1-3H3. The molecular weight excluding hydrogens is 204 g/mol. The topological polar surface area (TPSA) is 55.6 Å². The first-order valence-corrected chi connectivity index (χ1v) is 6.08. The zero-order valence-electron chi connectivity index (χ0n) is 10.4. The van der Waals surface area contributed by atoms with Gasteiger partial charge in [-0.2, -0.15) is 0 Å². The third-order valence-electron chi connectivity index (χ3n) is 3.71. The molecule has 2 rings (SSSR count). The van der Waals surface area contributed by atoms with Gasteiger partial charge in [0.05, 0.1) is 12.2 Å². The minimum atomic E-state index is 0.00885. The van der Waals surface area contributed by atoms with Crippen molar-refractivity contribution in [1.82, 2.24) is 4.90 Å². The highest BCUT2D eigenvalue weighted by Crippen LogP contribution is 2.52. The van der Waals surface area contributed by atoms with Crippen LogP contribution in [-0.4, -0.2) is 42.6 Å². The molecule has 1 saturated carbocycles. The second-order valence-corrected chi connectivity index (χ2v) is 5.79. The van der Waals surface area contributed by atoms with E-state index in [4.69, 9.17) is 10.5 Å².